The zero-order chi connectivity index (χ0) is 8.53. The largest absolute Gasteiger partial charge is 0.316 e. The van der Waals surface area contributed by atoms with Gasteiger partial charge in [0.2, 0.25) is 0 Å². The number of thiol groups is 1. The van der Waals surface area contributed by atoms with Crippen LogP contribution in [0.2, 0.25) is 0 Å². The van der Waals surface area contributed by atoms with E-state index in [-0.39, 0.29) is 0 Å². The summed E-state index contributed by atoms with van der Waals surface area (Å²) in [5.41, 5.74) is 0. The van der Waals surface area contributed by atoms with E-state index < -0.39 is 0 Å². The summed E-state index contributed by atoms with van der Waals surface area (Å²) in [6.45, 7) is 6.72. The number of nitrogens with one attached hydrogen (secondary N) is 1. The molecule has 2 heteroatoms. The Balaban J connectivity index is 3.20. The molecule has 0 heterocycles. The summed E-state index contributed by atoms with van der Waals surface area (Å²) < 4.78 is 0. The van der Waals surface area contributed by atoms with E-state index in [4.69, 9.17) is 0 Å². The first kappa shape index (κ1) is 11.3. The first-order valence-corrected chi connectivity index (χ1v) is 5.29. The lowest BCUT2D eigenvalue weighted by molar-refractivity contribution is 0.484. The van der Waals surface area contributed by atoms with Crippen molar-refractivity contribution in [2.75, 3.05) is 18.8 Å². The Kier molecular flexibility index (Phi) is 8.64. The van der Waals surface area contributed by atoms with Crippen LogP contribution in [0.25, 0.3) is 0 Å². The third kappa shape index (κ3) is 6.70. The van der Waals surface area contributed by atoms with Crippen LogP contribution in [0.3, 0.4) is 0 Å². The molecule has 1 atom stereocenters. The van der Waals surface area contributed by atoms with E-state index >= 15 is 0 Å². The van der Waals surface area contributed by atoms with Crippen LogP contribution in [0.1, 0.15) is 33.1 Å². The van der Waals surface area contributed by atoms with Crippen LogP contribution >= 0.6 is 12.6 Å². The lowest BCUT2D eigenvalue weighted by Gasteiger charge is -2.13. The summed E-state index contributed by atoms with van der Waals surface area (Å²) in [6.07, 6.45) is 3.81. The molecule has 1 nitrogen and oxygen atoms in total. The number of rotatable bonds is 7. The van der Waals surface area contributed by atoms with Crippen molar-refractivity contribution in [1.82, 2.24) is 5.32 Å². The van der Waals surface area contributed by atoms with Crippen molar-refractivity contribution in [3.8, 4) is 0 Å². The van der Waals surface area contributed by atoms with Crippen molar-refractivity contribution >= 4 is 12.6 Å². The molecule has 0 rings (SSSR count). The highest BCUT2D eigenvalue weighted by Gasteiger charge is 2.03. The van der Waals surface area contributed by atoms with Gasteiger partial charge in [-0.3, -0.25) is 0 Å². The molecular formula is C9H21NS. The highest BCUT2D eigenvalue weighted by molar-refractivity contribution is 7.80. The maximum Gasteiger partial charge on any atom is -0.00127 e. The van der Waals surface area contributed by atoms with Gasteiger partial charge in [0.25, 0.3) is 0 Å². The fraction of sp³-hybridized carbons (Fsp3) is 1.00. The minimum atomic E-state index is 0.773. The Morgan fingerprint density at radius 3 is 2.45 bits per heavy atom. The van der Waals surface area contributed by atoms with Crippen LogP contribution in [0, 0.1) is 5.92 Å². The summed E-state index contributed by atoms with van der Waals surface area (Å²) in [6, 6.07) is 0. The molecule has 0 radical (unpaired) electrons. The van der Waals surface area contributed by atoms with Crippen molar-refractivity contribution in [3.05, 3.63) is 0 Å². The molecule has 0 aromatic rings. The summed E-state index contributed by atoms with van der Waals surface area (Å²) in [7, 11) is 0. The molecule has 0 aromatic carbocycles. The van der Waals surface area contributed by atoms with Crippen LogP contribution in [0.4, 0.5) is 0 Å². The van der Waals surface area contributed by atoms with Gasteiger partial charge in [-0.15, -0.1) is 0 Å². The standard InChI is InChI=1S/C9H21NS/c1-3-5-9(8-11)7-10-6-4-2/h9-11H,3-8H2,1-2H3. The monoisotopic (exact) mass is 175 g/mol. The summed E-state index contributed by atoms with van der Waals surface area (Å²) in [4.78, 5) is 0. The second-order valence-corrected chi connectivity index (χ2v) is 3.41. The van der Waals surface area contributed by atoms with Gasteiger partial charge in [-0.2, -0.15) is 12.6 Å². The Morgan fingerprint density at radius 2 is 2.00 bits per heavy atom. The van der Waals surface area contributed by atoms with E-state index in [0.717, 1.165) is 24.8 Å². The molecule has 11 heavy (non-hydrogen) atoms. The van der Waals surface area contributed by atoms with Gasteiger partial charge < -0.3 is 5.32 Å². The molecule has 0 spiro atoms. The second-order valence-electron chi connectivity index (χ2n) is 3.04. The van der Waals surface area contributed by atoms with E-state index in [0.29, 0.717) is 0 Å². The highest BCUT2D eigenvalue weighted by atomic mass is 32.1. The minimum Gasteiger partial charge on any atom is -0.316 e. The average molecular weight is 175 g/mol. The third-order valence-electron chi connectivity index (χ3n) is 1.81. The number of hydrogen-bond acceptors (Lipinski definition) is 2. The van der Waals surface area contributed by atoms with Gasteiger partial charge in [-0.25, -0.2) is 0 Å². The van der Waals surface area contributed by atoms with Crippen molar-refractivity contribution in [2.24, 2.45) is 5.92 Å². The summed E-state index contributed by atoms with van der Waals surface area (Å²) in [5.74, 6) is 1.79. The molecule has 0 saturated heterocycles. The predicted molar refractivity (Wildman–Crippen MR) is 55.4 cm³/mol. The van der Waals surface area contributed by atoms with Gasteiger partial charge in [0, 0.05) is 0 Å². The quantitative estimate of drug-likeness (QED) is 0.447. The van der Waals surface area contributed by atoms with E-state index in [2.05, 4.69) is 31.8 Å². The van der Waals surface area contributed by atoms with Gasteiger partial charge in [0.15, 0.2) is 0 Å². The van der Waals surface area contributed by atoms with E-state index in [1.54, 1.807) is 0 Å². The molecule has 0 aromatic heterocycles. The Labute approximate surface area is 76.4 Å². The zero-order valence-electron chi connectivity index (χ0n) is 7.77. The third-order valence-corrected chi connectivity index (χ3v) is 2.33. The van der Waals surface area contributed by atoms with Gasteiger partial charge in [0.1, 0.15) is 0 Å². The lowest BCUT2D eigenvalue weighted by atomic mass is 10.1. The average Bonchev–Trinajstić information content (AvgIpc) is 2.03. The van der Waals surface area contributed by atoms with E-state index in [1.807, 2.05) is 0 Å². The molecule has 0 aliphatic rings. The fourth-order valence-corrected chi connectivity index (χ4v) is 1.46. The van der Waals surface area contributed by atoms with Gasteiger partial charge in [0.05, 0.1) is 0 Å². The van der Waals surface area contributed by atoms with E-state index in [9.17, 15) is 0 Å². The molecular weight excluding hydrogens is 154 g/mol. The second kappa shape index (κ2) is 8.41. The van der Waals surface area contributed by atoms with Crippen LogP contribution in [0.15, 0.2) is 0 Å². The van der Waals surface area contributed by atoms with Crippen LogP contribution < -0.4 is 5.32 Å². The minimum absolute atomic E-state index is 0.773. The molecule has 0 amide bonds. The van der Waals surface area contributed by atoms with Crippen molar-refractivity contribution in [1.29, 1.82) is 0 Å². The molecule has 68 valence electrons. The Morgan fingerprint density at radius 1 is 1.27 bits per heavy atom. The summed E-state index contributed by atoms with van der Waals surface area (Å²) >= 11 is 4.31. The summed E-state index contributed by atoms with van der Waals surface area (Å²) in [5, 5.41) is 3.42. The molecule has 0 fully saturated rings. The van der Waals surface area contributed by atoms with Gasteiger partial charge in [-0.1, -0.05) is 20.3 Å². The molecule has 0 saturated carbocycles. The lowest BCUT2D eigenvalue weighted by Crippen LogP contribution is -2.24. The first-order chi connectivity index (χ1) is 5.35. The molecule has 0 aliphatic carbocycles. The van der Waals surface area contributed by atoms with Crippen molar-refractivity contribution in [3.63, 3.8) is 0 Å². The maximum absolute atomic E-state index is 4.31. The molecule has 0 bridgehead atoms. The molecule has 1 N–H and O–H groups in total. The molecule has 1 unspecified atom stereocenters. The SMILES string of the molecule is CCCNCC(CS)CCC. The smallest absolute Gasteiger partial charge is 0.00127 e. The maximum atomic E-state index is 4.31. The topological polar surface area (TPSA) is 12.0 Å². The highest BCUT2D eigenvalue weighted by Crippen LogP contribution is 2.06. The van der Waals surface area contributed by atoms with Gasteiger partial charge in [-0.05, 0) is 37.6 Å². The Bertz CT molecular complexity index is 76.0. The Hall–Kier alpha value is 0.310. The zero-order valence-corrected chi connectivity index (χ0v) is 8.66. The van der Waals surface area contributed by atoms with Crippen molar-refractivity contribution < 1.29 is 0 Å². The van der Waals surface area contributed by atoms with E-state index in [1.165, 1.54) is 19.3 Å². The predicted octanol–water partition coefficient (Wildman–Crippen LogP) is 2.33. The molecule has 0 aliphatic heterocycles. The van der Waals surface area contributed by atoms with Crippen LogP contribution in [0.5, 0.6) is 0 Å². The fourth-order valence-electron chi connectivity index (χ4n) is 1.15. The van der Waals surface area contributed by atoms with Crippen molar-refractivity contribution in [2.45, 2.75) is 33.1 Å². The normalized spacial score (nSPS) is 13.4. The van der Waals surface area contributed by atoms with Crippen LogP contribution in [-0.2, 0) is 0 Å². The first-order valence-electron chi connectivity index (χ1n) is 4.66. The number of hydrogen-bond donors (Lipinski definition) is 2. The van der Waals surface area contributed by atoms with Gasteiger partial charge >= 0.3 is 0 Å². The van der Waals surface area contributed by atoms with Crippen LogP contribution in [-0.4, -0.2) is 18.8 Å².